The van der Waals surface area contributed by atoms with Gasteiger partial charge in [0.1, 0.15) is 0 Å². The van der Waals surface area contributed by atoms with E-state index in [0.29, 0.717) is 22.2 Å². The lowest BCUT2D eigenvalue weighted by molar-refractivity contribution is 0.0358. The Balaban J connectivity index is 2.42. The first kappa shape index (κ1) is 23.6. The zero-order chi connectivity index (χ0) is 22.8. The third-order valence-electron chi connectivity index (χ3n) is 4.80. The highest BCUT2D eigenvalue weighted by Gasteiger charge is 2.30. The Morgan fingerprint density at radius 2 is 1.57 bits per heavy atom. The number of benzene rings is 2. The third-order valence-corrected chi connectivity index (χ3v) is 4.80. The Hall–Kier alpha value is -2.64. The van der Waals surface area contributed by atoms with Crippen molar-refractivity contribution in [3.05, 3.63) is 64.2 Å². The summed E-state index contributed by atoms with van der Waals surface area (Å²) in [5.41, 5.74) is 5.93. The molecule has 0 bridgehead atoms. The van der Waals surface area contributed by atoms with Crippen LogP contribution < -0.4 is 10.9 Å². The number of hydrogen-bond acceptors (Lipinski definition) is 4. The number of carbonyl (C=O) groups excluding carboxylic acids is 2. The molecule has 7 heteroatoms. The molecule has 0 atom stereocenters. The van der Waals surface area contributed by atoms with Crippen LogP contribution in [0.2, 0.25) is 0 Å². The van der Waals surface area contributed by atoms with E-state index in [-0.39, 0.29) is 11.8 Å². The number of nitrogens with one attached hydrogen (secondary N) is 1. The predicted molar refractivity (Wildman–Crippen MR) is 120 cm³/mol. The van der Waals surface area contributed by atoms with Crippen LogP contribution in [0.1, 0.15) is 77.9 Å². The van der Waals surface area contributed by atoms with E-state index in [2.05, 4.69) is 5.43 Å². The SMILES string of the molecule is Cc1cc(C)cc(C(=O)N(NC(=O)c2ccc(B(O)O)cc2C(C)C)C(C)(C)C)c1. The van der Waals surface area contributed by atoms with E-state index in [4.69, 9.17) is 0 Å². The number of hydrogen-bond donors (Lipinski definition) is 3. The van der Waals surface area contributed by atoms with Crippen molar-refractivity contribution in [2.45, 2.75) is 59.9 Å². The van der Waals surface area contributed by atoms with Crippen LogP contribution in [0.3, 0.4) is 0 Å². The highest BCUT2D eigenvalue weighted by atomic mass is 16.4. The number of carbonyl (C=O) groups is 2. The molecule has 0 aliphatic carbocycles. The smallest absolute Gasteiger partial charge is 0.423 e. The summed E-state index contributed by atoms with van der Waals surface area (Å²) in [6, 6.07) is 10.3. The fourth-order valence-electron chi connectivity index (χ4n) is 3.34. The maximum atomic E-state index is 13.3. The Kier molecular flexibility index (Phi) is 7.11. The number of aryl methyl sites for hydroxylation is 2. The Labute approximate surface area is 179 Å². The number of nitrogens with zero attached hydrogens (tertiary/aromatic N) is 1. The second-order valence-corrected chi connectivity index (χ2v) is 9.00. The van der Waals surface area contributed by atoms with E-state index >= 15 is 0 Å². The highest BCUT2D eigenvalue weighted by Crippen LogP contribution is 2.21. The van der Waals surface area contributed by atoms with Gasteiger partial charge in [0, 0.05) is 11.1 Å². The summed E-state index contributed by atoms with van der Waals surface area (Å²) in [5, 5.41) is 20.3. The molecule has 160 valence electrons. The number of amides is 2. The first-order chi connectivity index (χ1) is 13.8. The van der Waals surface area contributed by atoms with Crippen molar-refractivity contribution in [2.24, 2.45) is 0 Å². The van der Waals surface area contributed by atoms with Crippen LogP contribution >= 0.6 is 0 Å². The minimum Gasteiger partial charge on any atom is -0.423 e. The molecule has 6 nitrogen and oxygen atoms in total. The van der Waals surface area contributed by atoms with E-state index in [1.165, 1.54) is 11.1 Å². The summed E-state index contributed by atoms with van der Waals surface area (Å²) >= 11 is 0. The minimum absolute atomic E-state index is 0.0253. The highest BCUT2D eigenvalue weighted by molar-refractivity contribution is 6.58. The molecular weight excluding hydrogens is 379 g/mol. The molecule has 30 heavy (non-hydrogen) atoms. The standard InChI is InChI=1S/C23H31BN2O4/c1-14(2)20-13-18(24(29)30)8-9-19(20)21(27)25-26(23(5,6)7)22(28)17-11-15(3)10-16(4)12-17/h8-14,29-30H,1-7H3,(H,25,27). The van der Waals surface area contributed by atoms with Crippen LogP contribution in [0.5, 0.6) is 0 Å². The molecule has 0 aliphatic heterocycles. The molecule has 2 aromatic carbocycles. The summed E-state index contributed by atoms with van der Waals surface area (Å²) in [6.07, 6.45) is 0. The van der Waals surface area contributed by atoms with Gasteiger partial charge in [-0.05, 0) is 69.8 Å². The van der Waals surface area contributed by atoms with E-state index in [0.717, 1.165) is 11.1 Å². The van der Waals surface area contributed by atoms with Crippen LogP contribution in [0.25, 0.3) is 0 Å². The van der Waals surface area contributed by atoms with Gasteiger partial charge in [-0.3, -0.25) is 15.0 Å². The maximum Gasteiger partial charge on any atom is 0.488 e. The summed E-state index contributed by atoms with van der Waals surface area (Å²) in [6.45, 7) is 13.2. The van der Waals surface area contributed by atoms with Gasteiger partial charge >= 0.3 is 7.12 Å². The largest absolute Gasteiger partial charge is 0.488 e. The van der Waals surface area contributed by atoms with Crippen molar-refractivity contribution in [3.8, 4) is 0 Å². The Morgan fingerprint density at radius 1 is 1.00 bits per heavy atom. The van der Waals surface area contributed by atoms with Crippen molar-refractivity contribution in [1.29, 1.82) is 0 Å². The summed E-state index contributed by atoms with van der Waals surface area (Å²) in [5.74, 6) is -0.746. The molecule has 0 spiro atoms. The van der Waals surface area contributed by atoms with Gasteiger partial charge in [-0.15, -0.1) is 0 Å². The summed E-state index contributed by atoms with van der Waals surface area (Å²) in [4.78, 5) is 26.4. The molecular formula is C23H31BN2O4. The van der Waals surface area contributed by atoms with Crippen LogP contribution in [-0.4, -0.2) is 39.5 Å². The molecule has 0 saturated heterocycles. The quantitative estimate of drug-likeness (QED) is 0.534. The van der Waals surface area contributed by atoms with Crippen molar-refractivity contribution in [1.82, 2.24) is 10.4 Å². The second-order valence-electron chi connectivity index (χ2n) is 9.00. The first-order valence-corrected chi connectivity index (χ1v) is 10.0. The van der Waals surface area contributed by atoms with Gasteiger partial charge in [-0.25, -0.2) is 5.01 Å². The maximum absolute atomic E-state index is 13.3. The van der Waals surface area contributed by atoms with Gasteiger partial charge in [0.15, 0.2) is 0 Å². The van der Waals surface area contributed by atoms with Crippen LogP contribution in [0.15, 0.2) is 36.4 Å². The molecule has 0 fully saturated rings. The fraction of sp³-hybridized carbons (Fsp3) is 0.391. The summed E-state index contributed by atoms with van der Waals surface area (Å²) in [7, 11) is -1.61. The van der Waals surface area contributed by atoms with Gasteiger partial charge in [-0.2, -0.15) is 0 Å². The van der Waals surface area contributed by atoms with Gasteiger partial charge in [-0.1, -0.05) is 43.2 Å². The molecule has 3 N–H and O–H groups in total. The van der Waals surface area contributed by atoms with E-state index in [9.17, 15) is 19.6 Å². The zero-order valence-electron chi connectivity index (χ0n) is 18.8. The fourth-order valence-corrected chi connectivity index (χ4v) is 3.34. The molecule has 0 aliphatic rings. The average molecular weight is 410 g/mol. The summed E-state index contributed by atoms with van der Waals surface area (Å²) < 4.78 is 0. The predicted octanol–water partition coefficient (Wildman–Crippen LogP) is 2.69. The number of rotatable bonds is 4. The molecule has 2 amide bonds. The second kappa shape index (κ2) is 9.02. The number of hydrazine groups is 1. The monoisotopic (exact) mass is 410 g/mol. The lowest BCUT2D eigenvalue weighted by Gasteiger charge is -2.36. The van der Waals surface area contributed by atoms with Crippen LogP contribution in [0.4, 0.5) is 0 Å². The molecule has 0 radical (unpaired) electrons. The van der Waals surface area contributed by atoms with Gasteiger partial charge in [0.05, 0.1) is 5.54 Å². The zero-order valence-corrected chi connectivity index (χ0v) is 18.8. The first-order valence-electron chi connectivity index (χ1n) is 10.0. The van der Waals surface area contributed by atoms with E-state index in [1.54, 1.807) is 24.3 Å². The van der Waals surface area contributed by atoms with E-state index in [1.807, 2.05) is 54.5 Å². The average Bonchev–Trinajstić information content (AvgIpc) is 2.63. The van der Waals surface area contributed by atoms with Crippen molar-refractivity contribution >= 4 is 24.4 Å². The molecule has 0 aromatic heterocycles. The topological polar surface area (TPSA) is 89.9 Å². The third kappa shape index (κ3) is 5.49. The Bertz CT molecular complexity index is 928. The van der Waals surface area contributed by atoms with Crippen LogP contribution in [-0.2, 0) is 0 Å². The van der Waals surface area contributed by atoms with Gasteiger partial charge in [0.2, 0.25) is 0 Å². The van der Waals surface area contributed by atoms with E-state index < -0.39 is 18.6 Å². The minimum atomic E-state index is -1.61. The molecule has 2 rings (SSSR count). The molecule has 2 aromatic rings. The lowest BCUT2D eigenvalue weighted by Crippen LogP contribution is -2.56. The van der Waals surface area contributed by atoms with Gasteiger partial charge in [0.25, 0.3) is 11.8 Å². The Morgan fingerprint density at radius 3 is 2.03 bits per heavy atom. The van der Waals surface area contributed by atoms with Crippen molar-refractivity contribution < 1.29 is 19.6 Å². The molecule has 0 saturated carbocycles. The van der Waals surface area contributed by atoms with Crippen LogP contribution in [0, 0.1) is 13.8 Å². The van der Waals surface area contributed by atoms with Crippen molar-refractivity contribution in [2.75, 3.05) is 0 Å². The molecule has 0 unspecified atom stereocenters. The van der Waals surface area contributed by atoms with Gasteiger partial charge < -0.3 is 10.0 Å². The molecule has 0 heterocycles. The lowest BCUT2D eigenvalue weighted by atomic mass is 9.77. The van der Waals surface area contributed by atoms with Crippen molar-refractivity contribution in [3.63, 3.8) is 0 Å². The normalized spacial score (nSPS) is 11.4.